The molecular formula is C16H21N3O2S2. The van der Waals surface area contributed by atoms with Gasteiger partial charge in [0.2, 0.25) is 11.8 Å². The van der Waals surface area contributed by atoms with Gasteiger partial charge in [-0.3, -0.25) is 14.7 Å². The van der Waals surface area contributed by atoms with Crippen LogP contribution in [0.3, 0.4) is 0 Å². The van der Waals surface area contributed by atoms with E-state index in [1.165, 1.54) is 11.3 Å². The highest BCUT2D eigenvalue weighted by molar-refractivity contribution is 7.98. The van der Waals surface area contributed by atoms with E-state index in [1.54, 1.807) is 43.1 Å². The van der Waals surface area contributed by atoms with E-state index in [0.717, 1.165) is 21.3 Å². The number of aromatic nitrogens is 2. The Morgan fingerprint density at radius 1 is 1.52 bits per heavy atom. The van der Waals surface area contributed by atoms with Gasteiger partial charge in [-0.2, -0.15) is 16.7 Å². The Hall–Kier alpha value is -1.60. The van der Waals surface area contributed by atoms with Crippen LogP contribution in [-0.4, -0.2) is 41.5 Å². The first-order valence-electron chi connectivity index (χ1n) is 7.29. The van der Waals surface area contributed by atoms with E-state index < -0.39 is 0 Å². The minimum absolute atomic E-state index is 0.00219. The zero-order valence-corrected chi connectivity index (χ0v) is 15.4. The molecule has 1 atom stereocenters. The number of pyridine rings is 1. The normalized spacial score (nSPS) is 12.0. The SMILES string of the molecule is COc1nc(-c2cccnc2)sc1N(CC(C)CSC)C(C)=O. The van der Waals surface area contributed by atoms with Crippen LogP contribution in [0.5, 0.6) is 5.88 Å². The third kappa shape index (κ3) is 4.45. The molecule has 0 aromatic carbocycles. The maximum Gasteiger partial charge on any atom is 0.250 e. The second kappa shape index (κ2) is 8.31. The molecule has 2 heterocycles. The number of hydrogen-bond donors (Lipinski definition) is 0. The molecule has 23 heavy (non-hydrogen) atoms. The molecule has 0 saturated heterocycles. The summed E-state index contributed by atoms with van der Waals surface area (Å²) in [5.74, 6) is 1.88. The third-order valence-electron chi connectivity index (χ3n) is 3.25. The van der Waals surface area contributed by atoms with Crippen LogP contribution in [0, 0.1) is 5.92 Å². The van der Waals surface area contributed by atoms with Gasteiger partial charge in [-0.05, 0) is 30.1 Å². The molecule has 2 aromatic heterocycles. The fraction of sp³-hybridized carbons (Fsp3) is 0.438. The molecule has 0 aliphatic heterocycles. The number of thiazole rings is 1. The number of hydrogen-bond acceptors (Lipinski definition) is 6. The first kappa shape index (κ1) is 17.7. The maximum atomic E-state index is 12.1. The monoisotopic (exact) mass is 351 g/mol. The molecule has 0 N–H and O–H groups in total. The quantitative estimate of drug-likeness (QED) is 0.763. The molecule has 0 aliphatic rings. The molecule has 2 rings (SSSR count). The van der Waals surface area contributed by atoms with Crippen molar-refractivity contribution in [1.29, 1.82) is 0 Å². The summed E-state index contributed by atoms with van der Waals surface area (Å²) in [5, 5.41) is 1.56. The summed E-state index contributed by atoms with van der Waals surface area (Å²) in [6, 6.07) is 3.82. The number of anilines is 1. The van der Waals surface area contributed by atoms with Gasteiger partial charge in [0.25, 0.3) is 0 Å². The van der Waals surface area contributed by atoms with Gasteiger partial charge in [0, 0.05) is 31.4 Å². The van der Waals surface area contributed by atoms with Crippen molar-refractivity contribution in [2.75, 3.05) is 30.6 Å². The second-order valence-electron chi connectivity index (χ2n) is 5.27. The Morgan fingerprint density at radius 2 is 2.30 bits per heavy atom. The summed E-state index contributed by atoms with van der Waals surface area (Å²) in [6.07, 6.45) is 5.56. The van der Waals surface area contributed by atoms with Crippen LogP contribution in [-0.2, 0) is 4.79 Å². The van der Waals surface area contributed by atoms with Crippen molar-refractivity contribution in [3.8, 4) is 16.5 Å². The lowest BCUT2D eigenvalue weighted by atomic mass is 10.2. The highest BCUT2D eigenvalue weighted by atomic mass is 32.2. The molecule has 0 radical (unpaired) electrons. The van der Waals surface area contributed by atoms with Gasteiger partial charge in [0.1, 0.15) is 5.01 Å². The van der Waals surface area contributed by atoms with Gasteiger partial charge in [0.05, 0.1) is 7.11 Å². The molecule has 7 heteroatoms. The summed E-state index contributed by atoms with van der Waals surface area (Å²) in [7, 11) is 1.58. The smallest absolute Gasteiger partial charge is 0.250 e. The number of rotatable bonds is 7. The summed E-state index contributed by atoms with van der Waals surface area (Å²) in [4.78, 5) is 22.5. The fourth-order valence-electron chi connectivity index (χ4n) is 2.22. The molecule has 1 amide bonds. The van der Waals surface area contributed by atoms with E-state index in [4.69, 9.17) is 4.74 Å². The summed E-state index contributed by atoms with van der Waals surface area (Å²) < 4.78 is 5.40. The first-order valence-corrected chi connectivity index (χ1v) is 9.50. The molecule has 0 bridgehead atoms. The fourth-order valence-corrected chi connectivity index (χ4v) is 3.97. The molecule has 0 spiro atoms. The van der Waals surface area contributed by atoms with Gasteiger partial charge in [0.15, 0.2) is 5.00 Å². The zero-order valence-electron chi connectivity index (χ0n) is 13.8. The van der Waals surface area contributed by atoms with Gasteiger partial charge in [-0.25, -0.2) is 0 Å². The Bertz CT molecular complexity index is 646. The van der Waals surface area contributed by atoms with E-state index in [9.17, 15) is 4.79 Å². The van der Waals surface area contributed by atoms with E-state index in [2.05, 4.69) is 23.1 Å². The minimum Gasteiger partial charge on any atom is -0.479 e. The Morgan fingerprint density at radius 3 is 2.87 bits per heavy atom. The van der Waals surface area contributed by atoms with E-state index in [0.29, 0.717) is 18.3 Å². The number of methoxy groups -OCH3 is 1. The third-order valence-corrected chi connectivity index (χ3v) is 5.26. The van der Waals surface area contributed by atoms with Crippen molar-refractivity contribution >= 4 is 34.0 Å². The lowest BCUT2D eigenvalue weighted by Crippen LogP contribution is -2.33. The standard InChI is InChI=1S/C16H21N3O2S2/c1-11(10-22-4)9-19(12(2)20)16-14(21-3)18-15(23-16)13-6-5-7-17-8-13/h5-8,11H,9-10H2,1-4H3. The van der Waals surface area contributed by atoms with Crippen LogP contribution in [0.4, 0.5) is 5.00 Å². The van der Waals surface area contributed by atoms with Crippen LogP contribution in [0.2, 0.25) is 0 Å². The van der Waals surface area contributed by atoms with Crippen molar-refractivity contribution in [3.63, 3.8) is 0 Å². The molecule has 5 nitrogen and oxygen atoms in total. The number of ether oxygens (including phenoxy) is 1. The molecule has 1 unspecified atom stereocenters. The largest absolute Gasteiger partial charge is 0.479 e. The summed E-state index contributed by atoms with van der Waals surface area (Å²) >= 11 is 3.24. The van der Waals surface area contributed by atoms with Gasteiger partial charge < -0.3 is 4.74 Å². The number of carbonyl (C=O) groups excluding carboxylic acids is 1. The van der Waals surface area contributed by atoms with E-state index >= 15 is 0 Å². The molecular weight excluding hydrogens is 330 g/mol. The highest BCUT2D eigenvalue weighted by Crippen LogP contribution is 2.39. The van der Waals surface area contributed by atoms with Crippen molar-refractivity contribution in [1.82, 2.24) is 9.97 Å². The molecule has 2 aromatic rings. The zero-order chi connectivity index (χ0) is 16.8. The lowest BCUT2D eigenvalue weighted by molar-refractivity contribution is -0.116. The van der Waals surface area contributed by atoms with E-state index in [-0.39, 0.29) is 5.91 Å². The molecule has 0 saturated carbocycles. The average Bonchev–Trinajstić information content (AvgIpc) is 2.97. The van der Waals surface area contributed by atoms with Crippen molar-refractivity contribution in [2.45, 2.75) is 13.8 Å². The number of carbonyl (C=O) groups is 1. The Kier molecular flexibility index (Phi) is 6.41. The number of thioether (sulfide) groups is 1. The maximum absolute atomic E-state index is 12.1. The topological polar surface area (TPSA) is 55.3 Å². The molecule has 0 fully saturated rings. The predicted octanol–water partition coefficient (Wildman–Crippen LogP) is 3.57. The first-order chi connectivity index (χ1) is 11.1. The van der Waals surface area contributed by atoms with Crippen LogP contribution in [0.1, 0.15) is 13.8 Å². The Balaban J connectivity index is 2.35. The van der Waals surface area contributed by atoms with Crippen LogP contribution in [0.15, 0.2) is 24.5 Å². The van der Waals surface area contributed by atoms with Crippen LogP contribution < -0.4 is 9.64 Å². The summed E-state index contributed by atoms with van der Waals surface area (Å²) in [5.41, 5.74) is 0.919. The lowest BCUT2D eigenvalue weighted by Gasteiger charge is -2.23. The predicted molar refractivity (Wildman–Crippen MR) is 97.5 cm³/mol. The van der Waals surface area contributed by atoms with Gasteiger partial charge >= 0.3 is 0 Å². The number of nitrogens with zero attached hydrogens (tertiary/aromatic N) is 3. The van der Waals surface area contributed by atoms with Crippen molar-refractivity contribution < 1.29 is 9.53 Å². The molecule has 0 aliphatic carbocycles. The van der Waals surface area contributed by atoms with Crippen LogP contribution in [0.25, 0.3) is 10.6 Å². The average molecular weight is 351 g/mol. The number of amides is 1. The Labute approximate surface area is 145 Å². The van der Waals surface area contributed by atoms with Gasteiger partial charge in [-0.15, -0.1) is 0 Å². The van der Waals surface area contributed by atoms with Crippen molar-refractivity contribution in [2.24, 2.45) is 5.92 Å². The van der Waals surface area contributed by atoms with Gasteiger partial charge in [-0.1, -0.05) is 18.3 Å². The van der Waals surface area contributed by atoms with Crippen LogP contribution >= 0.6 is 23.1 Å². The second-order valence-corrected chi connectivity index (χ2v) is 7.15. The van der Waals surface area contributed by atoms with Crippen molar-refractivity contribution in [3.05, 3.63) is 24.5 Å². The minimum atomic E-state index is -0.00219. The van der Waals surface area contributed by atoms with E-state index in [1.807, 2.05) is 12.1 Å². The molecule has 124 valence electrons. The highest BCUT2D eigenvalue weighted by Gasteiger charge is 2.23. The summed E-state index contributed by atoms with van der Waals surface area (Å²) in [6.45, 7) is 4.37.